The lowest BCUT2D eigenvalue weighted by Gasteiger charge is -2.09. The lowest BCUT2D eigenvalue weighted by Crippen LogP contribution is -2.19. The fourth-order valence-corrected chi connectivity index (χ4v) is 4.40. The SMILES string of the molecule is N#C[C@@H](C(=O)c1ccoc1)c1nc2sc3c(c2c(=O)[nH]1)CCCC3. The standard InChI is InChI=1S/C17H13N3O3S/c18-7-11(14(21)9-5-6-23-8-9)15-19-16(22)13-10-3-1-2-4-12(10)24-17(13)20-15/h5-6,8,11H,1-4H2,(H,19,20,22)/t11-/m0/s1. The van der Waals surface area contributed by atoms with Gasteiger partial charge in [-0.3, -0.25) is 9.59 Å². The van der Waals surface area contributed by atoms with E-state index in [1.807, 2.05) is 6.07 Å². The van der Waals surface area contributed by atoms with Gasteiger partial charge in [-0.25, -0.2) is 4.98 Å². The number of carbonyl (C=O) groups excluding carboxylic acids is 1. The van der Waals surface area contributed by atoms with Crippen molar-refractivity contribution in [1.82, 2.24) is 9.97 Å². The van der Waals surface area contributed by atoms with Crippen LogP contribution in [0.3, 0.4) is 0 Å². The number of ketones is 1. The zero-order valence-corrected chi connectivity index (χ0v) is 13.5. The van der Waals surface area contributed by atoms with Crippen LogP contribution in [0.1, 0.15) is 45.4 Å². The van der Waals surface area contributed by atoms with Gasteiger partial charge in [0.25, 0.3) is 5.56 Å². The Morgan fingerprint density at radius 3 is 3.00 bits per heavy atom. The Morgan fingerprint density at radius 2 is 2.25 bits per heavy atom. The predicted molar refractivity (Wildman–Crippen MR) is 88.3 cm³/mol. The Morgan fingerprint density at radius 1 is 1.42 bits per heavy atom. The molecule has 24 heavy (non-hydrogen) atoms. The number of carbonyl (C=O) groups is 1. The summed E-state index contributed by atoms with van der Waals surface area (Å²) in [7, 11) is 0. The number of H-pyrrole nitrogens is 1. The number of nitriles is 1. The van der Waals surface area contributed by atoms with E-state index in [4.69, 9.17) is 4.42 Å². The number of furan rings is 1. The molecule has 0 amide bonds. The first-order valence-electron chi connectivity index (χ1n) is 7.69. The number of nitrogens with one attached hydrogen (secondary N) is 1. The summed E-state index contributed by atoms with van der Waals surface area (Å²) in [6.45, 7) is 0. The minimum absolute atomic E-state index is 0.0970. The van der Waals surface area contributed by atoms with Gasteiger partial charge in [0.05, 0.1) is 23.3 Å². The molecule has 0 bridgehead atoms. The third-order valence-electron chi connectivity index (χ3n) is 4.31. The third kappa shape index (κ3) is 2.27. The van der Waals surface area contributed by atoms with Gasteiger partial charge in [-0.2, -0.15) is 5.26 Å². The van der Waals surface area contributed by atoms with E-state index < -0.39 is 11.7 Å². The van der Waals surface area contributed by atoms with Crippen LogP contribution in [0.15, 0.2) is 27.8 Å². The van der Waals surface area contributed by atoms with Gasteiger partial charge in [0.1, 0.15) is 16.9 Å². The summed E-state index contributed by atoms with van der Waals surface area (Å²) in [5.41, 5.74) is 1.10. The summed E-state index contributed by atoms with van der Waals surface area (Å²) >= 11 is 1.49. The van der Waals surface area contributed by atoms with Crippen molar-refractivity contribution in [2.45, 2.75) is 31.6 Å². The van der Waals surface area contributed by atoms with Gasteiger partial charge in [0.15, 0.2) is 11.7 Å². The number of nitrogens with zero attached hydrogens (tertiary/aromatic N) is 2. The molecule has 0 fully saturated rings. The van der Waals surface area contributed by atoms with E-state index >= 15 is 0 Å². The van der Waals surface area contributed by atoms with Gasteiger partial charge in [-0.1, -0.05) is 0 Å². The topological polar surface area (TPSA) is 99.8 Å². The molecule has 3 heterocycles. The lowest BCUT2D eigenvalue weighted by atomic mass is 9.97. The minimum atomic E-state index is -1.15. The van der Waals surface area contributed by atoms with Crippen LogP contribution in [0.5, 0.6) is 0 Å². The van der Waals surface area contributed by atoms with Gasteiger partial charge in [-0.05, 0) is 37.3 Å². The summed E-state index contributed by atoms with van der Waals surface area (Å²) < 4.78 is 4.89. The van der Waals surface area contributed by atoms with Crippen LogP contribution in [-0.4, -0.2) is 15.8 Å². The molecule has 0 saturated heterocycles. The maximum Gasteiger partial charge on any atom is 0.259 e. The van der Waals surface area contributed by atoms with Crippen LogP contribution >= 0.6 is 11.3 Å². The summed E-state index contributed by atoms with van der Waals surface area (Å²) in [6, 6.07) is 3.43. The van der Waals surface area contributed by atoms with E-state index in [0.717, 1.165) is 31.2 Å². The number of fused-ring (bicyclic) bond motifs is 3. The smallest absolute Gasteiger partial charge is 0.259 e. The highest BCUT2D eigenvalue weighted by atomic mass is 32.1. The van der Waals surface area contributed by atoms with Crippen molar-refractivity contribution in [3.8, 4) is 6.07 Å². The molecule has 0 saturated carbocycles. The molecule has 1 atom stereocenters. The number of hydrogen-bond acceptors (Lipinski definition) is 6. The van der Waals surface area contributed by atoms with Crippen molar-refractivity contribution in [2.75, 3.05) is 0 Å². The molecule has 0 spiro atoms. The number of thiophene rings is 1. The zero-order valence-electron chi connectivity index (χ0n) is 12.7. The highest BCUT2D eigenvalue weighted by Gasteiger charge is 2.27. The molecular weight excluding hydrogens is 326 g/mol. The molecule has 120 valence electrons. The Balaban J connectivity index is 1.84. The van der Waals surface area contributed by atoms with Crippen LogP contribution in [-0.2, 0) is 12.8 Å². The molecule has 0 aliphatic heterocycles. The quantitative estimate of drug-likeness (QED) is 0.740. The van der Waals surface area contributed by atoms with E-state index in [1.165, 1.54) is 34.8 Å². The molecule has 7 heteroatoms. The molecule has 1 N–H and O–H groups in total. The van der Waals surface area contributed by atoms with Gasteiger partial charge >= 0.3 is 0 Å². The average Bonchev–Trinajstić information content (AvgIpc) is 3.23. The molecule has 4 rings (SSSR count). The average molecular weight is 339 g/mol. The van der Waals surface area contributed by atoms with Crippen molar-refractivity contribution >= 4 is 27.3 Å². The highest BCUT2D eigenvalue weighted by Crippen LogP contribution is 2.34. The minimum Gasteiger partial charge on any atom is -0.472 e. The highest BCUT2D eigenvalue weighted by molar-refractivity contribution is 7.18. The molecule has 3 aromatic heterocycles. The van der Waals surface area contributed by atoms with E-state index in [2.05, 4.69) is 9.97 Å². The fourth-order valence-electron chi connectivity index (χ4n) is 3.13. The van der Waals surface area contributed by atoms with Gasteiger partial charge in [0.2, 0.25) is 0 Å². The fraction of sp³-hybridized carbons (Fsp3) is 0.294. The second-order valence-electron chi connectivity index (χ2n) is 5.78. The van der Waals surface area contributed by atoms with Crippen LogP contribution in [0.25, 0.3) is 10.2 Å². The molecule has 0 unspecified atom stereocenters. The second-order valence-corrected chi connectivity index (χ2v) is 6.86. The Bertz CT molecular complexity index is 1020. The van der Waals surface area contributed by atoms with E-state index in [1.54, 1.807) is 0 Å². The van der Waals surface area contributed by atoms with Crippen LogP contribution in [0.4, 0.5) is 0 Å². The number of aromatic nitrogens is 2. The molecule has 1 aliphatic carbocycles. The largest absolute Gasteiger partial charge is 0.472 e. The monoisotopic (exact) mass is 339 g/mol. The van der Waals surface area contributed by atoms with Gasteiger partial charge < -0.3 is 9.40 Å². The first-order valence-corrected chi connectivity index (χ1v) is 8.51. The van der Waals surface area contributed by atoms with Crippen molar-refractivity contribution in [3.05, 3.63) is 50.8 Å². The van der Waals surface area contributed by atoms with E-state index in [-0.39, 0.29) is 16.9 Å². The summed E-state index contributed by atoms with van der Waals surface area (Å²) in [5.74, 6) is -1.49. The zero-order chi connectivity index (χ0) is 16.7. The van der Waals surface area contributed by atoms with Gasteiger partial charge in [0, 0.05) is 4.88 Å². The van der Waals surface area contributed by atoms with E-state index in [0.29, 0.717) is 10.2 Å². The summed E-state index contributed by atoms with van der Waals surface area (Å²) in [6.07, 6.45) is 6.68. The van der Waals surface area contributed by atoms with E-state index in [9.17, 15) is 14.9 Å². The number of aromatic amines is 1. The van der Waals surface area contributed by atoms with Crippen molar-refractivity contribution in [1.29, 1.82) is 5.26 Å². The molecular formula is C17H13N3O3S. The van der Waals surface area contributed by atoms with Crippen molar-refractivity contribution in [3.63, 3.8) is 0 Å². The van der Waals surface area contributed by atoms with Crippen molar-refractivity contribution < 1.29 is 9.21 Å². The maximum atomic E-state index is 12.5. The number of rotatable bonds is 3. The predicted octanol–water partition coefficient (Wildman–Crippen LogP) is 2.95. The number of Topliss-reactive ketones (excluding diaryl/α,β-unsaturated/α-hetero) is 1. The second kappa shape index (κ2) is 5.73. The molecule has 0 aromatic carbocycles. The Hall–Kier alpha value is -2.72. The number of aryl methyl sites for hydroxylation is 2. The molecule has 6 nitrogen and oxygen atoms in total. The Kier molecular flexibility index (Phi) is 3.54. The third-order valence-corrected chi connectivity index (χ3v) is 5.50. The van der Waals surface area contributed by atoms with Crippen LogP contribution in [0, 0.1) is 11.3 Å². The van der Waals surface area contributed by atoms with Crippen LogP contribution < -0.4 is 5.56 Å². The maximum absolute atomic E-state index is 12.5. The molecule has 3 aromatic rings. The van der Waals surface area contributed by atoms with Crippen molar-refractivity contribution in [2.24, 2.45) is 0 Å². The first kappa shape index (κ1) is 14.8. The number of hydrogen-bond donors (Lipinski definition) is 1. The summed E-state index contributed by atoms with van der Waals surface area (Å²) in [5, 5.41) is 10.0. The van der Waals surface area contributed by atoms with Crippen LogP contribution in [0.2, 0.25) is 0 Å². The normalized spacial score (nSPS) is 15.0. The van der Waals surface area contributed by atoms with Gasteiger partial charge in [-0.15, -0.1) is 11.3 Å². The summed E-state index contributed by atoms with van der Waals surface area (Å²) in [4.78, 5) is 33.9. The first-order chi connectivity index (χ1) is 11.7. The lowest BCUT2D eigenvalue weighted by molar-refractivity contribution is 0.0975. The molecule has 0 radical (unpaired) electrons. The Labute approximate surface area is 140 Å². The molecule has 1 aliphatic rings.